The van der Waals surface area contributed by atoms with Gasteiger partial charge in [-0.05, 0) is 30.3 Å². The SMILES string of the molecule is O=C(NCCn1cnc(-c2ccc(F)cc2)cc1=O)c1cc([N+](=O)[O-])ccc1Cl. The van der Waals surface area contributed by atoms with Crippen LogP contribution in [-0.2, 0) is 6.54 Å². The van der Waals surface area contributed by atoms with Crippen molar-refractivity contribution in [2.75, 3.05) is 6.54 Å². The molecule has 1 amide bonds. The predicted octanol–water partition coefficient (Wildman–Crippen LogP) is 3.04. The number of nitrogens with zero attached hydrogens (tertiary/aromatic N) is 3. The Morgan fingerprint density at radius 1 is 1.21 bits per heavy atom. The Bertz CT molecular complexity index is 1130. The van der Waals surface area contributed by atoms with Gasteiger partial charge in [0.2, 0.25) is 0 Å². The lowest BCUT2D eigenvalue weighted by Gasteiger charge is -2.09. The summed E-state index contributed by atoms with van der Waals surface area (Å²) in [6, 6.07) is 10.5. The number of rotatable bonds is 6. The van der Waals surface area contributed by atoms with Crippen LogP contribution in [0, 0.1) is 15.9 Å². The molecular weight excluding hydrogens is 403 g/mol. The summed E-state index contributed by atoms with van der Waals surface area (Å²) in [5.74, 6) is -0.982. The average molecular weight is 417 g/mol. The molecule has 0 unspecified atom stereocenters. The number of halogens is 2. The van der Waals surface area contributed by atoms with E-state index >= 15 is 0 Å². The highest BCUT2D eigenvalue weighted by molar-refractivity contribution is 6.33. The van der Waals surface area contributed by atoms with Crippen molar-refractivity contribution in [3.8, 4) is 11.3 Å². The van der Waals surface area contributed by atoms with Crippen LogP contribution in [0.2, 0.25) is 5.02 Å². The first-order valence-electron chi connectivity index (χ1n) is 8.40. The zero-order valence-corrected chi connectivity index (χ0v) is 15.6. The van der Waals surface area contributed by atoms with E-state index in [-0.39, 0.29) is 40.7 Å². The Hall–Kier alpha value is -3.59. The maximum atomic E-state index is 13.0. The Morgan fingerprint density at radius 3 is 2.59 bits per heavy atom. The van der Waals surface area contributed by atoms with Crippen molar-refractivity contribution >= 4 is 23.2 Å². The van der Waals surface area contributed by atoms with E-state index < -0.39 is 10.8 Å². The highest BCUT2D eigenvalue weighted by Crippen LogP contribution is 2.21. The number of nitro groups is 1. The second kappa shape index (κ2) is 8.61. The van der Waals surface area contributed by atoms with Gasteiger partial charge >= 0.3 is 0 Å². The summed E-state index contributed by atoms with van der Waals surface area (Å²) in [4.78, 5) is 38.9. The van der Waals surface area contributed by atoms with E-state index in [1.807, 2.05) is 0 Å². The second-order valence-corrected chi connectivity index (χ2v) is 6.40. The van der Waals surface area contributed by atoms with Crippen LogP contribution in [0.5, 0.6) is 0 Å². The first-order valence-corrected chi connectivity index (χ1v) is 8.77. The van der Waals surface area contributed by atoms with Gasteiger partial charge in [-0.3, -0.25) is 24.3 Å². The van der Waals surface area contributed by atoms with Crippen molar-refractivity contribution in [2.45, 2.75) is 6.54 Å². The molecule has 0 aliphatic rings. The van der Waals surface area contributed by atoms with Gasteiger partial charge in [0.05, 0.1) is 27.5 Å². The molecular formula is C19H14ClFN4O4. The molecule has 0 aliphatic heterocycles. The molecule has 0 fully saturated rings. The number of hydrogen-bond donors (Lipinski definition) is 1. The standard InChI is InChI=1S/C19H14ClFN4O4/c20-16-6-5-14(25(28)29)9-15(16)19(27)22-7-8-24-11-23-17(10-18(24)26)12-1-3-13(21)4-2-12/h1-6,9-11H,7-8H2,(H,22,27). The van der Waals surface area contributed by atoms with Gasteiger partial charge in [0.1, 0.15) is 5.82 Å². The number of amides is 1. The summed E-state index contributed by atoms with van der Waals surface area (Å²) in [5, 5.41) is 13.5. The quantitative estimate of drug-likeness (QED) is 0.491. The predicted molar refractivity (Wildman–Crippen MR) is 104 cm³/mol. The van der Waals surface area contributed by atoms with Gasteiger partial charge in [0, 0.05) is 36.9 Å². The number of carbonyl (C=O) groups excluding carboxylic acids is 1. The van der Waals surface area contributed by atoms with Crippen LogP contribution in [-0.4, -0.2) is 26.9 Å². The fourth-order valence-electron chi connectivity index (χ4n) is 2.56. The van der Waals surface area contributed by atoms with Crippen LogP contribution >= 0.6 is 11.6 Å². The van der Waals surface area contributed by atoms with Gasteiger partial charge in [-0.1, -0.05) is 11.6 Å². The number of non-ortho nitro benzene ring substituents is 1. The van der Waals surface area contributed by atoms with E-state index in [0.717, 1.165) is 6.07 Å². The first-order chi connectivity index (χ1) is 13.8. The number of nitro benzene ring substituents is 1. The first kappa shape index (κ1) is 20.2. The number of nitrogens with one attached hydrogen (secondary N) is 1. The minimum absolute atomic E-state index is 0.0296. The number of carbonyl (C=O) groups is 1. The van der Waals surface area contributed by atoms with Crippen molar-refractivity contribution in [3.05, 3.63) is 91.7 Å². The Labute approximate surface area is 168 Å². The molecule has 0 radical (unpaired) electrons. The third kappa shape index (κ3) is 4.82. The molecule has 1 N–H and O–H groups in total. The molecule has 0 aliphatic carbocycles. The molecule has 148 valence electrons. The average Bonchev–Trinajstić information content (AvgIpc) is 2.69. The monoisotopic (exact) mass is 416 g/mol. The molecule has 1 heterocycles. The lowest BCUT2D eigenvalue weighted by atomic mass is 10.1. The van der Waals surface area contributed by atoms with Crippen LogP contribution in [0.1, 0.15) is 10.4 Å². The van der Waals surface area contributed by atoms with Gasteiger partial charge in [-0.15, -0.1) is 0 Å². The minimum Gasteiger partial charge on any atom is -0.350 e. The maximum Gasteiger partial charge on any atom is 0.270 e. The topological polar surface area (TPSA) is 107 Å². The number of aromatic nitrogens is 2. The molecule has 0 atom stereocenters. The van der Waals surface area contributed by atoms with Gasteiger partial charge < -0.3 is 5.32 Å². The Morgan fingerprint density at radius 2 is 1.93 bits per heavy atom. The van der Waals surface area contributed by atoms with Gasteiger partial charge in [-0.25, -0.2) is 9.37 Å². The van der Waals surface area contributed by atoms with Crippen molar-refractivity contribution in [1.82, 2.24) is 14.9 Å². The summed E-state index contributed by atoms with van der Waals surface area (Å²) >= 11 is 5.93. The number of hydrogen-bond acceptors (Lipinski definition) is 5. The molecule has 8 nitrogen and oxygen atoms in total. The minimum atomic E-state index is -0.624. The molecule has 0 saturated carbocycles. The van der Waals surface area contributed by atoms with Gasteiger partial charge in [0.15, 0.2) is 0 Å². The third-order valence-corrected chi connectivity index (χ3v) is 4.39. The van der Waals surface area contributed by atoms with E-state index in [1.165, 1.54) is 53.4 Å². The molecule has 10 heteroatoms. The molecule has 1 aromatic heterocycles. The zero-order valence-electron chi connectivity index (χ0n) is 14.8. The molecule has 0 spiro atoms. The zero-order chi connectivity index (χ0) is 21.0. The fraction of sp³-hybridized carbons (Fsp3) is 0.105. The Balaban J connectivity index is 1.65. The van der Waals surface area contributed by atoms with Crippen molar-refractivity contribution in [2.24, 2.45) is 0 Å². The Kier molecular flexibility index (Phi) is 5.99. The summed E-state index contributed by atoms with van der Waals surface area (Å²) in [5.41, 5.74) is 0.374. The van der Waals surface area contributed by atoms with Crippen LogP contribution in [0.15, 0.2) is 59.7 Å². The maximum absolute atomic E-state index is 13.0. The lowest BCUT2D eigenvalue weighted by Crippen LogP contribution is -2.31. The third-order valence-electron chi connectivity index (χ3n) is 4.06. The highest BCUT2D eigenvalue weighted by Gasteiger charge is 2.15. The molecule has 3 aromatic rings. The molecule has 0 saturated heterocycles. The van der Waals surface area contributed by atoms with E-state index in [0.29, 0.717) is 11.3 Å². The van der Waals surface area contributed by atoms with E-state index in [2.05, 4.69) is 10.3 Å². The normalized spacial score (nSPS) is 10.6. The molecule has 0 bridgehead atoms. The summed E-state index contributed by atoms with van der Waals surface area (Å²) < 4.78 is 14.3. The largest absolute Gasteiger partial charge is 0.350 e. The van der Waals surface area contributed by atoms with E-state index in [9.17, 15) is 24.1 Å². The summed E-state index contributed by atoms with van der Waals surface area (Å²) in [6.45, 7) is 0.211. The van der Waals surface area contributed by atoms with Gasteiger partial charge in [-0.2, -0.15) is 0 Å². The second-order valence-electron chi connectivity index (χ2n) is 5.99. The van der Waals surface area contributed by atoms with Crippen molar-refractivity contribution in [1.29, 1.82) is 0 Å². The van der Waals surface area contributed by atoms with Crippen LogP contribution in [0.25, 0.3) is 11.3 Å². The van der Waals surface area contributed by atoms with Gasteiger partial charge in [0.25, 0.3) is 17.2 Å². The lowest BCUT2D eigenvalue weighted by molar-refractivity contribution is -0.384. The van der Waals surface area contributed by atoms with Crippen molar-refractivity contribution < 1.29 is 14.1 Å². The van der Waals surface area contributed by atoms with Crippen molar-refractivity contribution in [3.63, 3.8) is 0 Å². The smallest absolute Gasteiger partial charge is 0.270 e. The number of benzene rings is 2. The summed E-state index contributed by atoms with van der Waals surface area (Å²) in [7, 11) is 0. The van der Waals surface area contributed by atoms with Crippen LogP contribution in [0.4, 0.5) is 10.1 Å². The molecule has 2 aromatic carbocycles. The summed E-state index contributed by atoms with van der Waals surface area (Å²) in [6.07, 6.45) is 1.33. The van der Waals surface area contributed by atoms with E-state index in [4.69, 9.17) is 11.6 Å². The highest BCUT2D eigenvalue weighted by atomic mass is 35.5. The van der Waals surface area contributed by atoms with Crippen LogP contribution < -0.4 is 10.9 Å². The molecule has 3 rings (SSSR count). The van der Waals surface area contributed by atoms with E-state index in [1.54, 1.807) is 0 Å². The molecule has 29 heavy (non-hydrogen) atoms. The van der Waals surface area contributed by atoms with Crippen LogP contribution in [0.3, 0.4) is 0 Å². The fourth-order valence-corrected chi connectivity index (χ4v) is 2.76.